The lowest BCUT2D eigenvalue weighted by Gasteiger charge is -2.16. The summed E-state index contributed by atoms with van der Waals surface area (Å²) in [5.74, 6) is 0.388. The molecular weight excluding hydrogens is 488 g/mol. The fourth-order valence-electron chi connectivity index (χ4n) is 3.29. The average Bonchev–Trinajstić information content (AvgIpc) is 3.28. The van der Waals surface area contributed by atoms with Crippen LogP contribution in [0.2, 0.25) is 10.0 Å². The Balaban J connectivity index is 1.55. The largest absolute Gasteiger partial charge is 0.469 e. The Labute approximate surface area is 191 Å². The summed E-state index contributed by atoms with van der Waals surface area (Å²) in [6.45, 7) is -0.310. The number of nitrogens with zero attached hydrogens (tertiary/aromatic N) is 4. The first kappa shape index (κ1) is 23.3. The van der Waals surface area contributed by atoms with Gasteiger partial charge in [0.25, 0.3) is 0 Å². The first-order valence-electron chi connectivity index (χ1n) is 9.21. The lowest BCUT2D eigenvalue weighted by atomic mass is 10.1. The normalized spacial score (nSPS) is 23.7. The van der Waals surface area contributed by atoms with Gasteiger partial charge < -0.3 is 30.1 Å². The SMILES string of the molecule is O=P(O)(O)OC[C@H]1O[C@@H](n2cnc3c(NCc4cc(Cl)ccc4Cl)ncnc32)[C@H](O)[C@@H]1O. The van der Waals surface area contributed by atoms with Gasteiger partial charge in [0, 0.05) is 16.6 Å². The van der Waals surface area contributed by atoms with Gasteiger partial charge in [-0.3, -0.25) is 9.09 Å². The summed E-state index contributed by atoms with van der Waals surface area (Å²) >= 11 is 12.2. The third-order valence-electron chi connectivity index (χ3n) is 4.83. The fraction of sp³-hybridized carbons (Fsp3) is 0.353. The predicted molar refractivity (Wildman–Crippen MR) is 113 cm³/mol. The number of aliphatic hydroxyl groups is 2. The zero-order valence-corrected chi connectivity index (χ0v) is 18.5. The molecule has 1 saturated heterocycles. The van der Waals surface area contributed by atoms with Crippen molar-refractivity contribution in [3.8, 4) is 0 Å². The lowest BCUT2D eigenvalue weighted by molar-refractivity contribution is -0.0504. The van der Waals surface area contributed by atoms with Gasteiger partial charge in [-0.05, 0) is 23.8 Å². The molecule has 32 heavy (non-hydrogen) atoms. The van der Waals surface area contributed by atoms with Crippen molar-refractivity contribution in [2.75, 3.05) is 11.9 Å². The van der Waals surface area contributed by atoms with E-state index in [-0.39, 0.29) is 0 Å². The van der Waals surface area contributed by atoms with Gasteiger partial charge in [-0.1, -0.05) is 23.2 Å². The molecular formula is C17H18Cl2N5O7P. The van der Waals surface area contributed by atoms with Gasteiger partial charge in [0.2, 0.25) is 0 Å². The number of hydrogen-bond acceptors (Lipinski definition) is 9. The first-order valence-corrected chi connectivity index (χ1v) is 11.5. The Kier molecular flexibility index (Phi) is 6.68. The average molecular weight is 506 g/mol. The minimum atomic E-state index is -4.77. The summed E-state index contributed by atoms with van der Waals surface area (Å²) in [6, 6.07) is 5.08. The molecule has 3 heterocycles. The number of phosphoric acid groups is 1. The monoisotopic (exact) mass is 505 g/mol. The van der Waals surface area contributed by atoms with E-state index in [2.05, 4.69) is 24.8 Å². The Hall–Kier alpha value is -1.86. The van der Waals surface area contributed by atoms with E-state index in [1.165, 1.54) is 17.2 Å². The van der Waals surface area contributed by atoms with Crippen LogP contribution in [-0.4, -0.2) is 64.4 Å². The number of aromatic nitrogens is 4. The van der Waals surface area contributed by atoms with Gasteiger partial charge in [0.05, 0.1) is 12.9 Å². The van der Waals surface area contributed by atoms with Crippen LogP contribution in [0.15, 0.2) is 30.9 Å². The molecule has 0 aliphatic carbocycles. The molecule has 0 amide bonds. The number of hydrogen-bond donors (Lipinski definition) is 5. The van der Waals surface area contributed by atoms with Crippen LogP contribution in [0.1, 0.15) is 11.8 Å². The molecule has 1 aliphatic rings. The first-order chi connectivity index (χ1) is 15.1. The number of aliphatic hydroxyl groups excluding tert-OH is 2. The van der Waals surface area contributed by atoms with Gasteiger partial charge in [-0.15, -0.1) is 0 Å². The van der Waals surface area contributed by atoms with Crippen LogP contribution in [0, 0.1) is 0 Å². The number of rotatable bonds is 7. The number of fused-ring (bicyclic) bond motifs is 1. The highest BCUT2D eigenvalue weighted by Crippen LogP contribution is 2.39. The molecule has 1 fully saturated rings. The Morgan fingerprint density at radius 2 is 1.97 bits per heavy atom. The molecule has 0 saturated carbocycles. The van der Waals surface area contributed by atoms with Crippen LogP contribution in [0.25, 0.3) is 11.2 Å². The van der Waals surface area contributed by atoms with E-state index >= 15 is 0 Å². The highest BCUT2D eigenvalue weighted by Gasteiger charge is 2.45. The van der Waals surface area contributed by atoms with E-state index in [1.54, 1.807) is 18.2 Å². The molecule has 0 radical (unpaired) electrons. The van der Waals surface area contributed by atoms with Crippen molar-refractivity contribution in [3.05, 3.63) is 46.5 Å². The maximum atomic E-state index is 10.9. The number of halogens is 2. The molecule has 4 atom stereocenters. The van der Waals surface area contributed by atoms with Gasteiger partial charge in [-0.2, -0.15) is 0 Å². The standard InChI is InChI=1S/C17H18Cl2N5O7P/c18-9-1-2-10(19)8(3-9)4-20-15-12-16(22-6-21-15)24(7-23-12)17-14(26)13(25)11(31-17)5-30-32(27,28)29/h1-3,6-7,11,13-14,17,25-26H,4-5H2,(H,20,21,22)(H2,27,28,29)/t11-,13-,14-,17-/m1/s1. The second-order valence-corrected chi connectivity index (χ2v) is 9.05. The summed E-state index contributed by atoms with van der Waals surface area (Å²) in [7, 11) is -4.77. The maximum absolute atomic E-state index is 10.9. The van der Waals surface area contributed by atoms with Crippen LogP contribution in [0.5, 0.6) is 0 Å². The van der Waals surface area contributed by atoms with Crippen molar-refractivity contribution in [2.24, 2.45) is 0 Å². The zero-order chi connectivity index (χ0) is 23.0. The quantitative estimate of drug-likeness (QED) is 0.294. The number of anilines is 1. The molecule has 0 bridgehead atoms. The Morgan fingerprint density at radius 3 is 2.72 bits per heavy atom. The van der Waals surface area contributed by atoms with Gasteiger partial charge in [0.15, 0.2) is 23.2 Å². The van der Waals surface area contributed by atoms with Crippen LogP contribution >= 0.6 is 31.0 Å². The molecule has 1 aliphatic heterocycles. The fourth-order valence-corrected chi connectivity index (χ4v) is 4.01. The number of ether oxygens (including phenoxy) is 1. The number of nitrogens with one attached hydrogen (secondary N) is 1. The number of phosphoric ester groups is 1. The molecule has 4 rings (SSSR count). The van der Waals surface area contributed by atoms with Gasteiger partial charge in [0.1, 0.15) is 24.6 Å². The van der Waals surface area contributed by atoms with Gasteiger partial charge in [-0.25, -0.2) is 19.5 Å². The molecule has 0 spiro atoms. The topological polar surface area (TPSA) is 172 Å². The maximum Gasteiger partial charge on any atom is 0.469 e. The molecule has 15 heteroatoms. The van der Waals surface area contributed by atoms with Crippen molar-refractivity contribution in [2.45, 2.75) is 31.1 Å². The number of benzene rings is 1. The molecule has 5 N–H and O–H groups in total. The minimum absolute atomic E-state index is 0.299. The molecule has 172 valence electrons. The van der Waals surface area contributed by atoms with Crippen LogP contribution in [0.4, 0.5) is 5.82 Å². The van der Waals surface area contributed by atoms with Crippen LogP contribution in [0.3, 0.4) is 0 Å². The van der Waals surface area contributed by atoms with Crippen molar-refractivity contribution in [1.82, 2.24) is 19.5 Å². The lowest BCUT2D eigenvalue weighted by Crippen LogP contribution is -2.33. The van der Waals surface area contributed by atoms with E-state index in [0.29, 0.717) is 33.6 Å². The second-order valence-electron chi connectivity index (χ2n) is 6.97. The summed E-state index contributed by atoms with van der Waals surface area (Å²) < 4.78 is 22.3. The molecule has 0 unspecified atom stereocenters. The summed E-state index contributed by atoms with van der Waals surface area (Å²) in [5.41, 5.74) is 1.41. The van der Waals surface area contributed by atoms with Crippen LogP contribution < -0.4 is 5.32 Å². The van der Waals surface area contributed by atoms with Crippen molar-refractivity contribution in [1.29, 1.82) is 0 Å². The highest BCUT2D eigenvalue weighted by atomic mass is 35.5. The second kappa shape index (κ2) is 9.18. The van der Waals surface area contributed by atoms with E-state index in [0.717, 1.165) is 5.56 Å². The molecule has 3 aromatic rings. The summed E-state index contributed by atoms with van der Waals surface area (Å²) in [6.07, 6.45) is -2.53. The third kappa shape index (κ3) is 4.88. The Bertz CT molecular complexity index is 1180. The number of imidazole rings is 1. The van der Waals surface area contributed by atoms with E-state index < -0.39 is 39.0 Å². The highest BCUT2D eigenvalue weighted by molar-refractivity contribution is 7.46. The van der Waals surface area contributed by atoms with E-state index in [9.17, 15) is 14.8 Å². The van der Waals surface area contributed by atoms with Gasteiger partial charge >= 0.3 is 7.82 Å². The summed E-state index contributed by atoms with van der Waals surface area (Å²) in [4.78, 5) is 30.3. The third-order valence-corrected chi connectivity index (χ3v) is 5.92. The molecule has 12 nitrogen and oxygen atoms in total. The molecule has 1 aromatic carbocycles. The summed E-state index contributed by atoms with van der Waals surface area (Å²) in [5, 5.41) is 24.8. The van der Waals surface area contributed by atoms with Crippen molar-refractivity contribution < 1.29 is 33.8 Å². The Morgan fingerprint density at radius 1 is 1.19 bits per heavy atom. The van der Waals surface area contributed by atoms with Crippen LogP contribution in [-0.2, 0) is 20.4 Å². The smallest absolute Gasteiger partial charge is 0.387 e. The minimum Gasteiger partial charge on any atom is -0.387 e. The van der Waals surface area contributed by atoms with E-state index in [1.807, 2.05) is 0 Å². The zero-order valence-electron chi connectivity index (χ0n) is 16.1. The van der Waals surface area contributed by atoms with E-state index in [4.69, 9.17) is 37.7 Å². The van der Waals surface area contributed by atoms with Crippen molar-refractivity contribution in [3.63, 3.8) is 0 Å². The van der Waals surface area contributed by atoms with Crippen molar-refractivity contribution >= 4 is 48.0 Å². The molecule has 2 aromatic heterocycles. The predicted octanol–water partition coefficient (Wildman–Crippen LogP) is 1.47.